The summed E-state index contributed by atoms with van der Waals surface area (Å²) in [5, 5.41) is 11.0. The van der Waals surface area contributed by atoms with Crippen molar-refractivity contribution in [1.29, 1.82) is 0 Å². The molecule has 2 atom stereocenters. The number of carbonyl (C=O) groups excluding carboxylic acids is 2. The standard InChI is InChI=1S/C24H30N4O6S2/c1-23(11-13-35(31,32)15-23)27-21(29)25-19-7-3-17(4-8-19)18-5-9-20(10-6-18)26-22(30)28-24(2)12-14-36(33,34)16-24/h3-10H,11-16H2,1-2H3,(H2,25,27,29)(H2,26,28,30)/t23-,24-/m1/s1. The van der Waals surface area contributed by atoms with Crippen molar-refractivity contribution in [2.45, 2.75) is 37.8 Å². The highest BCUT2D eigenvalue weighted by Crippen LogP contribution is 2.26. The fraction of sp³-hybridized carbons (Fsp3) is 0.417. The van der Waals surface area contributed by atoms with Crippen LogP contribution < -0.4 is 21.3 Å². The van der Waals surface area contributed by atoms with E-state index in [-0.39, 0.29) is 23.0 Å². The Morgan fingerprint density at radius 1 is 0.639 bits per heavy atom. The Balaban J connectivity index is 1.31. The summed E-state index contributed by atoms with van der Waals surface area (Å²) in [4.78, 5) is 24.7. The van der Waals surface area contributed by atoms with Crippen molar-refractivity contribution >= 4 is 43.1 Å². The Labute approximate surface area is 211 Å². The minimum Gasteiger partial charge on any atom is -0.332 e. The highest BCUT2D eigenvalue weighted by molar-refractivity contribution is 7.92. The minimum atomic E-state index is -3.12. The van der Waals surface area contributed by atoms with Crippen LogP contribution in [0.4, 0.5) is 21.0 Å². The third-order valence-electron chi connectivity index (χ3n) is 6.46. The first-order chi connectivity index (χ1) is 16.7. The van der Waals surface area contributed by atoms with Crippen LogP contribution in [0, 0.1) is 0 Å². The summed E-state index contributed by atoms with van der Waals surface area (Å²) in [6.07, 6.45) is 0.769. The molecule has 12 heteroatoms. The van der Waals surface area contributed by atoms with Crippen LogP contribution in [-0.2, 0) is 19.7 Å². The molecule has 194 valence electrons. The van der Waals surface area contributed by atoms with Gasteiger partial charge in [-0.1, -0.05) is 24.3 Å². The number of carbonyl (C=O) groups is 2. The second-order valence-corrected chi connectivity index (χ2v) is 14.5. The summed E-state index contributed by atoms with van der Waals surface area (Å²) < 4.78 is 46.9. The van der Waals surface area contributed by atoms with Crippen LogP contribution >= 0.6 is 0 Å². The van der Waals surface area contributed by atoms with Crippen molar-refractivity contribution in [1.82, 2.24) is 10.6 Å². The number of amides is 4. The predicted molar refractivity (Wildman–Crippen MR) is 140 cm³/mol. The van der Waals surface area contributed by atoms with E-state index in [4.69, 9.17) is 0 Å². The third kappa shape index (κ3) is 6.55. The summed E-state index contributed by atoms with van der Waals surface area (Å²) in [6, 6.07) is 13.4. The lowest BCUT2D eigenvalue weighted by Crippen LogP contribution is -2.48. The van der Waals surface area contributed by atoms with Crippen LogP contribution in [0.2, 0.25) is 0 Å². The summed E-state index contributed by atoms with van der Waals surface area (Å²) >= 11 is 0. The number of urea groups is 2. The number of rotatable bonds is 5. The molecule has 0 spiro atoms. The van der Waals surface area contributed by atoms with Gasteiger partial charge in [0.1, 0.15) is 0 Å². The molecule has 4 rings (SSSR count). The molecule has 2 aliphatic heterocycles. The summed E-state index contributed by atoms with van der Waals surface area (Å²) in [7, 11) is -6.24. The Morgan fingerprint density at radius 3 is 1.25 bits per heavy atom. The van der Waals surface area contributed by atoms with E-state index in [0.717, 1.165) is 11.1 Å². The number of anilines is 2. The smallest absolute Gasteiger partial charge is 0.319 e. The van der Waals surface area contributed by atoms with Gasteiger partial charge in [0.25, 0.3) is 0 Å². The van der Waals surface area contributed by atoms with Crippen LogP contribution in [-0.4, -0.2) is 63.0 Å². The van der Waals surface area contributed by atoms with Crippen molar-refractivity contribution in [3.8, 4) is 11.1 Å². The van der Waals surface area contributed by atoms with Gasteiger partial charge in [-0.15, -0.1) is 0 Å². The highest BCUT2D eigenvalue weighted by Gasteiger charge is 2.40. The van der Waals surface area contributed by atoms with Gasteiger partial charge >= 0.3 is 12.1 Å². The number of hydrogen-bond donors (Lipinski definition) is 4. The first-order valence-electron chi connectivity index (χ1n) is 11.5. The number of sulfone groups is 2. The average molecular weight is 535 g/mol. The lowest BCUT2D eigenvalue weighted by Gasteiger charge is -2.24. The molecule has 0 aliphatic carbocycles. The summed E-state index contributed by atoms with van der Waals surface area (Å²) in [5.74, 6) is 0.00251. The first kappa shape index (κ1) is 26.0. The average Bonchev–Trinajstić information content (AvgIpc) is 3.21. The lowest BCUT2D eigenvalue weighted by atomic mass is 10.0. The van der Waals surface area contributed by atoms with Gasteiger partial charge < -0.3 is 21.3 Å². The van der Waals surface area contributed by atoms with E-state index in [1.165, 1.54) is 0 Å². The zero-order valence-electron chi connectivity index (χ0n) is 20.1. The Morgan fingerprint density at radius 2 is 0.972 bits per heavy atom. The van der Waals surface area contributed by atoms with E-state index < -0.39 is 42.8 Å². The van der Waals surface area contributed by atoms with Crippen molar-refractivity contribution in [2.75, 3.05) is 33.6 Å². The van der Waals surface area contributed by atoms with Crippen LogP contribution in [0.1, 0.15) is 26.7 Å². The van der Waals surface area contributed by atoms with Crippen molar-refractivity contribution < 1.29 is 26.4 Å². The molecule has 36 heavy (non-hydrogen) atoms. The fourth-order valence-electron chi connectivity index (χ4n) is 4.58. The van der Waals surface area contributed by atoms with Crippen molar-refractivity contribution in [3.63, 3.8) is 0 Å². The van der Waals surface area contributed by atoms with Crippen molar-refractivity contribution in [3.05, 3.63) is 48.5 Å². The van der Waals surface area contributed by atoms with E-state index >= 15 is 0 Å². The Hall–Kier alpha value is -3.12. The van der Waals surface area contributed by atoms with Crippen LogP contribution in [0.5, 0.6) is 0 Å². The molecule has 0 radical (unpaired) electrons. The molecule has 2 fully saturated rings. The first-order valence-corrected chi connectivity index (χ1v) is 15.2. The zero-order chi connectivity index (χ0) is 26.2. The molecule has 2 aromatic rings. The normalized spacial score (nSPS) is 26.2. The predicted octanol–water partition coefficient (Wildman–Crippen LogP) is 2.75. The molecule has 0 unspecified atom stereocenters. The maximum absolute atomic E-state index is 12.3. The molecule has 2 aliphatic rings. The zero-order valence-corrected chi connectivity index (χ0v) is 21.8. The maximum Gasteiger partial charge on any atom is 0.319 e. The van der Waals surface area contributed by atoms with Crippen molar-refractivity contribution in [2.24, 2.45) is 0 Å². The molecule has 2 saturated heterocycles. The van der Waals surface area contributed by atoms with E-state index in [1.807, 2.05) is 24.3 Å². The fourth-order valence-corrected chi connectivity index (χ4v) is 8.77. The van der Waals surface area contributed by atoms with Gasteiger partial charge in [0.05, 0.1) is 34.1 Å². The Kier molecular flexibility index (Phi) is 6.78. The van der Waals surface area contributed by atoms with Gasteiger partial charge in [0.2, 0.25) is 0 Å². The third-order valence-corrected chi connectivity index (χ3v) is 10.3. The van der Waals surface area contributed by atoms with Gasteiger partial charge in [-0.3, -0.25) is 0 Å². The molecule has 0 bridgehead atoms. The topological polar surface area (TPSA) is 151 Å². The van der Waals surface area contributed by atoms with E-state index in [1.54, 1.807) is 38.1 Å². The van der Waals surface area contributed by atoms with Crippen LogP contribution in [0.25, 0.3) is 11.1 Å². The monoisotopic (exact) mass is 534 g/mol. The van der Waals surface area contributed by atoms with Gasteiger partial charge in [0, 0.05) is 11.4 Å². The second kappa shape index (κ2) is 9.40. The van der Waals surface area contributed by atoms with E-state index in [9.17, 15) is 26.4 Å². The minimum absolute atomic E-state index is 0.0694. The molecule has 4 amide bonds. The molecule has 4 N–H and O–H groups in total. The molecule has 0 aromatic heterocycles. The van der Waals surface area contributed by atoms with Gasteiger partial charge in [-0.05, 0) is 62.1 Å². The molecule has 10 nitrogen and oxygen atoms in total. The lowest BCUT2D eigenvalue weighted by molar-refractivity contribution is 0.241. The van der Waals surface area contributed by atoms with E-state index in [0.29, 0.717) is 24.2 Å². The van der Waals surface area contributed by atoms with Crippen LogP contribution in [0.15, 0.2) is 48.5 Å². The van der Waals surface area contributed by atoms with Gasteiger partial charge in [-0.25, -0.2) is 26.4 Å². The summed E-state index contributed by atoms with van der Waals surface area (Å²) in [5.41, 5.74) is 1.38. The van der Waals surface area contributed by atoms with Gasteiger partial charge in [0.15, 0.2) is 19.7 Å². The Bertz CT molecular complexity index is 1270. The molecule has 2 heterocycles. The maximum atomic E-state index is 12.3. The number of nitrogens with one attached hydrogen (secondary N) is 4. The van der Waals surface area contributed by atoms with Gasteiger partial charge in [-0.2, -0.15) is 0 Å². The molecule has 2 aromatic carbocycles. The molecular weight excluding hydrogens is 504 g/mol. The highest BCUT2D eigenvalue weighted by atomic mass is 32.2. The second-order valence-electron chi connectivity index (χ2n) is 10.1. The number of hydrogen-bond acceptors (Lipinski definition) is 6. The summed E-state index contributed by atoms with van der Waals surface area (Å²) in [6.45, 7) is 3.45. The number of benzene rings is 2. The van der Waals surface area contributed by atoms with E-state index in [2.05, 4.69) is 21.3 Å². The van der Waals surface area contributed by atoms with Crippen LogP contribution in [0.3, 0.4) is 0 Å². The largest absolute Gasteiger partial charge is 0.332 e. The quantitative estimate of drug-likeness (QED) is 0.463. The molecular formula is C24H30N4O6S2. The molecule has 0 saturated carbocycles. The SMILES string of the molecule is C[C@@]1(NC(=O)Nc2ccc(-c3ccc(NC(=O)N[C@]4(C)CCS(=O)(=O)C4)cc3)cc2)CCS(=O)(=O)C1.